The fourth-order valence-corrected chi connectivity index (χ4v) is 2.33. The van der Waals surface area contributed by atoms with Crippen molar-refractivity contribution in [2.75, 3.05) is 7.05 Å². The van der Waals surface area contributed by atoms with E-state index in [4.69, 9.17) is 0 Å². The lowest BCUT2D eigenvalue weighted by Crippen LogP contribution is -2.21. The number of likely N-dealkylation sites (N-methyl/N-ethyl adjacent to an activating group) is 1. The highest BCUT2D eigenvalue weighted by Crippen LogP contribution is 2.17. The van der Waals surface area contributed by atoms with Crippen LogP contribution in [0.5, 0.6) is 0 Å². The Bertz CT molecular complexity index is 805. The van der Waals surface area contributed by atoms with E-state index in [9.17, 15) is 4.79 Å². The van der Waals surface area contributed by atoms with Gasteiger partial charge in [0, 0.05) is 26.5 Å². The van der Waals surface area contributed by atoms with Crippen molar-refractivity contribution in [1.29, 1.82) is 0 Å². The van der Waals surface area contributed by atoms with Gasteiger partial charge in [-0.3, -0.25) is 9.13 Å². The Morgan fingerprint density at radius 3 is 2.60 bits per heavy atom. The number of hydrogen-bond acceptors (Lipinski definition) is 3. The molecule has 0 bridgehead atoms. The van der Waals surface area contributed by atoms with Crippen molar-refractivity contribution in [3.8, 4) is 0 Å². The monoisotopic (exact) mass is 268 g/mol. The van der Waals surface area contributed by atoms with Gasteiger partial charge in [-0.05, 0) is 24.3 Å². The number of imidazole rings is 1. The number of nitrogens with one attached hydrogen (secondary N) is 2. The fraction of sp³-hybridized carbons (Fsp3) is 0.133. The normalized spacial score (nSPS) is 14.5. The van der Waals surface area contributed by atoms with Crippen molar-refractivity contribution in [1.82, 2.24) is 19.8 Å². The first kappa shape index (κ1) is 12.3. The van der Waals surface area contributed by atoms with Gasteiger partial charge in [-0.1, -0.05) is 12.1 Å². The van der Waals surface area contributed by atoms with E-state index >= 15 is 0 Å². The molecule has 102 valence electrons. The molecule has 0 aliphatic carbocycles. The highest BCUT2D eigenvalue weighted by molar-refractivity contribution is 5.81. The van der Waals surface area contributed by atoms with Gasteiger partial charge in [0.1, 0.15) is 0 Å². The molecule has 2 aromatic rings. The lowest BCUT2D eigenvalue weighted by molar-refractivity contribution is 0.854. The summed E-state index contributed by atoms with van der Waals surface area (Å²) in [5.74, 6) is 0. The molecule has 5 nitrogen and oxygen atoms in total. The first-order valence-corrected chi connectivity index (χ1v) is 6.41. The predicted octanol–water partition coefficient (Wildman–Crippen LogP) is 1.36. The Hall–Kier alpha value is -2.69. The van der Waals surface area contributed by atoms with E-state index in [2.05, 4.69) is 10.6 Å². The number of para-hydroxylation sites is 2. The van der Waals surface area contributed by atoms with E-state index in [-0.39, 0.29) is 5.69 Å². The summed E-state index contributed by atoms with van der Waals surface area (Å²) >= 11 is 0. The molecule has 1 aromatic heterocycles. The molecule has 0 unspecified atom stereocenters. The number of benzene rings is 1. The zero-order chi connectivity index (χ0) is 14.1. The Balaban J connectivity index is 2.19. The van der Waals surface area contributed by atoms with Crippen molar-refractivity contribution in [3.05, 3.63) is 65.0 Å². The molecule has 0 amide bonds. The molecule has 0 radical (unpaired) electrons. The van der Waals surface area contributed by atoms with Gasteiger partial charge in [-0.15, -0.1) is 0 Å². The number of allylic oxidation sites excluding steroid dienone is 3. The molecule has 2 N–H and O–H groups in total. The van der Waals surface area contributed by atoms with Gasteiger partial charge in [-0.25, -0.2) is 4.79 Å². The molecule has 2 heterocycles. The number of nitrogens with zero attached hydrogens (tertiary/aromatic N) is 2. The summed E-state index contributed by atoms with van der Waals surface area (Å²) < 4.78 is 3.35. The van der Waals surface area contributed by atoms with Crippen LogP contribution in [-0.2, 0) is 7.05 Å². The van der Waals surface area contributed by atoms with Crippen molar-refractivity contribution in [3.63, 3.8) is 0 Å². The maximum Gasteiger partial charge on any atom is 0.333 e. The second-order valence-electron chi connectivity index (χ2n) is 4.58. The Morgan fingerprint density at radius 1 is 1.10 bits per heavy atom. The van der Waals surface area contributed by atoms with Crippen LogP contribution in [0.15, 0.2) is 59.3 Å². The third kappa shape index (κ3) is 1.84. The van der Waals surface area contributed by atoms with Gasteiger partial charge in [0.15, 0.2) is 0 Å². The summed E-state index contributed by atoms with van der Waals surface area (Å²) in [5.41, 5.74) is 3.50. The molecule has 0 saturated carbocycles. The molecular formula is C15H16N4O. The summed E-state index contributed by atoms with van der Waals surface area (Å²) in [6.07, 6.45) is 7.50. The van der Waals surface area contributed by atoms with Crippen LogP contribution in [0.25, 0.3) is 16.7 Å². The minimum absolute atomic E-state index is 0.0585. The summed E-state index contributed by atoms with van der Waals surface area (Å²) in [5, 5.41) is 6.14. The maximum absolute atomic E-state index is 12.4. The average Bonchev–Trinajstić information content (AvgIpc) is 2.65. The number of hydrogen-bond donors (Lipinski definition) is 2. The lowest BCUT2D eigenvalue weighted by Gasteiger charge is -2.03. The predicted molar refractivity (Wildman–Crippen MR) is 80.9 cm³/mol. The van der Waals surface area contributed by atoms with Crippen LogP contribution in [0, 0.1) is 0 Å². The molecule has 1 aliphatic heterocycles. The quantitative estimate of drug-likeness (QED) is 0.864. The number of aryl methyl sites for hydroxylation is 1. The van der Waals surface area contributed by atoms with E-state index in [1.165, 1.54) is 0 Å². The molecule has 0 saturated heterocycles. The fourth-order valence-electron chi connectivity index (χ4n) is 2.33. The largest absolute Gasteiger partial charge is 0.387 e. The molecule has 5 heteroatoms. The van der Waals surface area contributed by atoms with Gasteiger partial charge in [0.05, 0.1) is 22.4 Å². The first-order valence-electron chi connectivity index (χ1n) is 6.41. The van der Waals surface area contributed by atoms with E-state index in [0.29, 0.717) is 0 Å². The summed E-state index contributed by atoms with van der Waals surface area (Å²) in [6, 6.07) is 7.76. The minimum atomic E-state index is -0.0585. The molecule has 0 spiro atoms. The highest BCUT2D eigenvalue weighted by Gasteiger charge is 2.12. The smallest absolute Gasteiger partial charge is 0.333 e. The summed E-state index contributed by atoms with van der Waals surface area (Å²) in [4.78, 5) is 12.4. The van der Waals surface area contributed by atoms with E-state index in [1.807, 2.05) is 55.9 Å². The van der Waals surface area contributed by atoms with Gasteiger partial charge >= 0.3 is 5.69 Å². The lowest BCUT2D eigenvalue weighted by atomic mass is 10.3. The van der Waals surface area contributed by atoms with Gasteiger partial charge < -0.3 is 10.6 Å². The van der Waals surface area contributed by atoms with Crippen molar-refractivity contribution < 1.29 is 0 Å². The number of fused-ring (bicyclic) bond motifs is 1. The van der Waals surface area contributed by atoms with Crippen LogP contribution in [0.3, 0.4) is 0 Å². The summed E-state index contributed by atoms with van der Waals surface area (Å²) in [7, 11) is 3.64. The third-order valence-electron chi connectivity index (χ3n) is 3.41. The average molecular weight is 268 g/mol. The maximum atomic E-state index is 12.4. The molecule has 0 fully saturated rings. The van der Waals surface area contributed by atoms with Crippen LogP contribution < -0.4 is 16.3 Å². The SMILES string of the molecule is CNC1=CNC=C(n2c(=O)n(C)c3ccccc32)C=C1. The van der Waals surface area contributed by atoms with Gasteiger partial charge in [0.25, 0.3) is 0 Å². The van der Waals surface area contributed by atoms with Gasteiger partial charge in [0.2, 0.25) is 0 Å². The summed E-state index contributed by atoms with van der Waals surface area (Å²) in [6.45, 7) is 0. The van der Waals surface area contributed by atoms with Crippen molar-refractivity contribution in [2.24, 2.45) is 7.05 Å². The molecule has 1 aliphatic rings. The Labute approximate surface area is 116 Å². The van der Waals surface area contributed by atoms with E-state index < -0.39 is 0 Å². The van der Waals surface area contributed by atoms with Crippen LogP contribution >= 0.6 is 0 Å². The van der Waals surface area contributed by atoms with E-state index in [0.717, 1.165) is 22.4 Å². The molecule has 3 rings (SSSR count). The highest BCUT2D eigenvalue weighted by atomic mass is 16.1. The standard InChI is InChI=1S/C15H16N4O/c1-16-11-7-8-12(10-17-9-11)19-14-6-4-3-5-13(14)18(2)15(19)20/h3-10,16-17H,1-2H3. The van der Waals surface area contributed by atoms with E-state index in [1.54, 1.807) is 16.2 Å². The van der Waals surface area contributed by atoms with Crippen LogP contribution in [0.2, 0.25) is 0 Å². The molecule has 0 atom stereocenters. The number of rotatable bonds is 2. The Morgan fingerprint density at radius 2 is 1.85 bits per heavy atom. The Kier molecular flexibility index (Phi) is 2.95. The zero-order valence-electron chi connectivity index (χ0n) is 11.4. The molecule has 20 heavy (non-hydrogen) atoms. The minimum Gasteiger partial charge on any atom is -0.387 e. The zero-order valence-corrected chi connectivity index (χ0v) is 11.4. The van der Waals surface area contributed by atoms with Crippen LogP contribution in [0.1, 0.15) is 0 Å². The molecular weight excluding hydrogens is 252 g/mol. The topological polar surface area (TPSA) is 51.0 Å². The first-order chi connectivity index (χ1) is 9.72. The second kappa shape index (κ2) is 4.77. The van der Waals surface area contributed by atoms with Crippen LogP contribution in [-0.4, -0.2) is 16.2 Å². The second-order valence-corrected chi connectivity index (χ2v) is 4.58. The van der Waals surface area contributed by atoms with Crippen LogP contribution in [0.4, 0.5) is 0 Å². The number of aromatic nitrogens is 2. The van der Waals surface area contributed by atoms with Gasteiger partial charge in [-0.2, -0.15) is 0 Å². The van der Waals surface area contributed by atoms with Crippen molar-refractivity contribution >= 4 is 16.7 Å². The third-order valence-corrected chi connectivity index (χ3v) is 3.41. The van der Waals surface area contributed by atoms with Crippen molar-refractivity contribution in [2.45, 2.75) is 0 Å². The molecule has 1 aromatic carbocycles.